The van der Waals surface area contributed by atoms with Crippen molar-refractivity contribution in [2.75, 3.05) is 18.0 Å². The normalized spacial score (nSPS) is 35.9. The van der Waals surface area contributed by atoms with Crippen molar-refractivity contribution >= 4 is 11.5 Å². The molecular formula is C32H40N2O2. The van der Waals surface area contributed by atoms with Crippen molar-refractivity contribution in [3.8, 4) is 11.8 Å². The molecule has 3 fully saturated rings. The molecule has 1 aliphatic heterocycles. The number of hydrogen-bond acceptors (Lipinski definition) is 4. The molecule has 0 aromatic heterocycles. The Morgan fingerprint density at radius 1 is 1.06 bits per heavy atom. The minimum Gasteiger partial charge on any atom is -0.372 e. The van der Waals surface area contributed by atoms with E-state index in [-0.39, 0.29) is 5.41 Å². The first-order valence-electron chi connectivity index (χ1n) is 14.2. The number of nitrogens with one attached hydrogen (secondary N) is 1. The number of hydrogen-bond donors (Lipinski definition) is 2. The van der Waals surface area contributed by atoms with Gasteiger partial charge in [-0.3, -0.25) is 4.79 Å². The highest BCUT2D eigenvalue weighted by Gasteiger charge is 2.63. The molecule has 4 nitrogen and oxygen atoms in total. The van der Waals surface area contributed by atoms with Gasteiger partial charge in [-0.05, 0) is 111 Å². The number of fused-ring (bicyclic) bond motifs is 4. The second-order valence-corrected chi connectivity index (χ2v) is 12.1. The summed E-state index contributed by atoms with van der Waals surface area (Å²) in [7, 11) is 0. The van der Waals surface area contributed by atoms with Crippen LogP contribution in [0.2, 0.25) is 0 Å². The predicted molar refractivity (Wildman–Crippen MR) is 144 cm³/mol. The van der Waals surface area contributed by atoms with E-state index in [1.54, 1.807) is 5.57 Å². The molecule has 4 aliphatic carbocycles. The Bertz CT molecular complexity index is 1160. The van der Waals surface area contributed by atoms with Gasteiger partial charge in [-0.2, -0.15) is 5.48 Å². The number of benzene rings is 1. The Balaban J connectivity index is 1.45. The van der Waals surface area contributed by atoms with Gasteiger partial charge < -0.3 is 10.1 Å². The first kappa shape index (κ1) is 24.0. The summed E-state index contributed by atoms with van der Waals surface area (Å²) in [6.07, 6.45) is 12.4. The summed E-state index contributed by atoms with van der Waals surface area (Å²) in [5.74, 6) is 8.15. The Morgan fingerprint density at radius 3 is 2.56 bits per heavy atom. The van der Waals surface area contributed by atoms with Gasteiger partial charge in [0, 0.05) is 36.5 Å². The molecule has 1 aromatic rings. The second-order valence-electron chi connectivity index (χ2n) is 12.1. The Morgan fingerprint density at radius 2 is 1.83 bits per heavy atom. The lowest BCUT2D eigenvalue weighted by Gasteiger charge is -2.54. The molecule has 0 radical (unpaired) electrons. The number of carbonyl (C=O) groups is 1. The van der Waals surface area contributed by atoms with E-state index >= 15 is 0 Å². The second kappa shape index (κ2) is 9.19. The largest absolute Gasteiger partial charge is 0.372 e. The van der Waals surface area contributed by atoms with Crippen molar-refractivity contribution in [2.45, 2.75) is 89.5 Å². The molecule has 0 bridgehead atoms. The van der Waals surface area contributed by atoms with E-state index in [0.29, 0.717) is 30.0 Å². The molecule has 5 atom stereocenters. The van der Waals surface area contributed by atoms with Crippen molar-refractivity contribution in [1.29, 1.82) is 0 Å². The summed E-state index contributed by atoms with van der Waals surface area (Å²) in [5.41, 5.74) is 9.16. The molecule has 1 heterocycles. The van der Waals surface area contributed by atoms with Crippen molar-refractivity contribution in [2.24, 2.45) is 17.3 Å². The van der Waals surface area contributed by atoms with Crippen LogP contribution in [0.3, 0.4) is 0 Å². The van der Waals surface area contributed by atoms with Crippen molar-refractivity contribution in [1.82, 2.24) is 5.48 Å². The van der Waals surface area contributed by atoms with Crippen LogP contribution in [-0.2, 0) is 4.79 Å². The van der Waals surface area contributed by atoms with Crippen LogP contribution in [0, 0.1) is 29.1 Å². The van der Waals surface area contributed by atoms with Crippen LogP contribution in [-0.4, -0.2) is 29.6 Å². The number of nitrogens with zero attached hydrogens (tertiary/aromatic N) is 1. The summed E-state index contributed by atoms with van der Waals surface area (Å²) in [4.78, 5) is 14.8. The van der Waals surface area contributed by atoms with Gasteiger partial charge in [-0.25, -0.2) is 0 Å². The fourth-order valence-electron chi connectivity index (χ4n) is 8.69. The fraction of sp³-hybridized carbons (Fsp3) is 0.594. The van der Waals surface area contributed by atoms with Crippen LogP contribution in [0.4, 0.5) is 5.69 Å². The number of rotatable bonds is 3. The summed E-state index contributed by atoms with van der Waals surface area (Å²) < 4.78 is 0. The van der Waals surface area contributed by atoms with Crippen LogP contribution >= 0.6 is 0 Å². The lowest BCUT2D eigenvalue weighted by atomic mass is 9.50. The van der Waals surface area contributed by atoms with E-state index < -0.39 is 5.54 Å². The van der Waals surface area contributed by atoms with E-state index in [4.69, 9.17) is 0 Å². The van der Waals surface area contributed by atoms with Crippen LogP contribution in [0.1, 0.15) is 89.5 Å². The van der Waals surface area contributed by atoms with E-state index in [1.807, 2.05) is 13.0 Å². The summed E-state index contributed by atoms with van der Waals surface area (Å²) >= 11 is 0. The van der Waals surface area contributed by atoms with Gasteiger partial charge in [0.15, 0.2) is 5.78 Å². The third-order valence-corrected chi connectivity index (χ3v) is 10.5. The monoisotopic (exact) mass is 484 g/mol. The Kier molecular flexibility index (Phi) is 6.13. The van der Waals surface area contributed by atoms with Gasteiger partial charge in [-0.1, -0.05) is 30.6 Å². The summed E-state index contributed by atoms with van der Waals surface area (Å²) in [5, 5.41) is 10.5. The standard InChI is InChI=1S/C32H40N2O2/c1-3-16-32(33-36)17-15-29-27-13-9-23-20-25(35)12-14-26(23)30(27)28(21-31(29,32)2)22-7-10-24(11-8-22)34-18-5-4-6-19-34/h7-8,10-11,20,27-29,33,36H,4-6,9,12-15,17-19,21H2,1-2H3/t27-,28+,29-,31-,32-/m0/s1. The van der Waals surface area contributed by atoms with Crippen molar-refractivity contribution in [3.05, 3.63) is 52.6 Å². The number of allylic oxidation sites excluding steroid dienone is 4. The first-order valence-corrected chi connectivity index (χ1v) is 14.2. The molecule has 5 aliphatic rings. The van der Waals surface area contributed by atoms with E-state index in [1.165, 1.54) is 41.7 Å². The highest BCUT2D eigenvalue weighted by atomic mass is 16.5. The number of carbonyl (C=O) groups excluding carboxylic acids is 1. The molecule has 190 valence electrons. The van der Waals surface area contributed by atoms with E-state index in [0.717, 1.165) is 51.6 Å². The third-order valence-electron chi connectivity index (χ3n) is 10.5. The van der Waals surface area contributed by atoms with Gasteiger partial charge in [0.2, 0.25) is 0 Å². The zero-order valence-electron chi connectivity index (χ0n) is 21.9. The molecule has 1 aromatic carbocycles. The SMILES string of the molecule is CC#C[C@]1(NO)CC[C@H]2[C@@H]3CCC4=CC(=O)CCC4=C3[C@@H](c3ccc(N4CCCCC4)cc3)C[C@@]21C. The maximum atomic E-state index is 12.3. The van der Waals surface area contributed by atoms with Gasteiger partial charge >= 0.3 is 0 Å². The van der Waals surface area contributed by atoms with Crippen LogP contribution < -0.4 is 10.4 Å². The zero-order valence-corrected chi connectivity index (χ0v) is 21.9. The lowest BCUT2D eigenvalue weighted by Crippen LogP contribution is -2.57. The van der Waals surface area contributed by atoms with E-state index in [2.05, 4.69) is 53.4 Å². The first-order chi connectivity index (χ1) is 17.5. The predicted octanol–water partition coefficient (Wildman–Crippen LogP) is 6.32. The lowest BCUT2D eigenvalue weighted by molar-refractivity contribution is -0.114. The van der Waals surface area contributed by atoms with Crippen molar-refractivity contribution < 1.29 is 10.0 Å². The molecule has 2 N–H and O–H groups in total. The summed E-state index contributed by atoms with van der Waals surface area (Å²) in [6.45, 7) is 6.58. The van der Waals surface area contributed by atoms with Gasteiger partial charge in [0.25, 0.3) is 0 Å². The number of piperidine rings is 1. The number of anilines is 1. The van der Waals surface area contributed by atoms with Crippen LogP contribution in [0.5, 0.6) is 0 Å². The molecule has 4 heteroatoms. The molecule has 0 amide bonds. The molecule has 2 saturated carbocycles. The molecule has 1 saturated heterocycles. The number of ketones is 1. The number of hydroxylamine groups is 1. The minimum absolute atomic E-state index is 0.124. The zero-order chi connectivity index (χ0) is 24.9. The van der Waals surface area contributed by atoms with Crippen LogP contribution in [0.15, 0.2) is 47.1 Å². The average molecular weight is 485 g/mol. The Hall–Kier alpha value is -2.35. The maximum Gasteiger partial charge on any atom is 0.156 e. The maximum absolute atomic E-state index is 12.3. The van der Waals surface area contributed by atoms with Crippen LogP contribution in [0.25, 0.3) is 0 Å². The third kappa shape index (κ3) is 3.62. The Labute approximate surface area is 216 Å². The quantitative estimate of drug-likeness (QED) is 0.390. The molecule has 0 unspecified atom stereocenters. The van der Waals surface area contributed by atoms with Gasteiger partial charge in [0.1, 0.15) is 5.54 Å². The smallest absolute Gasteiger partial charge is 0.156 e. The molecule has 36 heavy (non-hydrogen) atoms. The van der Waals surface area contributed by atoms with Crippen molar-refractivity contribution in [3.63, 3.8) is 0 Å². The van der Waals surface area contributed by atoms with E-state index in [9.17, 15) is 10.0 Å². The molecular weight excluding hydrogens is 444 g/mol. The summed E-state index contributed by atoms with van der Waals surface area (Å²) in [6, 6.07) is 9.39. The fourth-order valence-corrected chi connectivity index (χ4v) is 8.69. The average Bonchev–Trinajstić information content (AvgIpc) is 3.20. The van der Waals surface area contributed by atoms with Gasteiger partial charge in [0.05, 0.1) is 0 Å². The molecule has 0 spiro atoms. The highest BCUT2D eigenvalue weighted by molar-refractivity contribution is 5.93. The highest BCUT2D eigenvalue weighted by Crippen LogP contribution is 2.66. The van der Waals surface area contributed by atoms with Gasteiger partial charge in [-0.15, -0.1) is 5.92 Å². The molecule has 6 rings (SSSR count). The topological polar surface area (TPSA) is 52.6 Å². The minimum atomic E-state index is -0.562.